The zero-order chi connectivity index (χ0) is 24.2. The molecule has 0 heterocycles. The largest absolute Gasteiger partial charge is 0.493 e. The SMILES string of the molecule is COc1ccc([C@@H](NC(=O)OCC2c3ccccc3-c3ccccc32)C(=O)O)c(OC)c1OC. The highest BCUT2D eigenvalue weighted by molar-refractivity contribution is 5.83. The maximum atomic E-state index is 12.7. The van der Waals surface area contributed by atoms with Gasteiger partial charge >= 0.3 is 12.1 Å². The number of carboxylic acids is 1. The zero-order valence-corrected chi connectivity index (χ0v) is 19.0. The monoisotopic (exact) mass is 463 g/mol. The summed E-state index contributed by atoms with van der Waals surface area (Å²) in [5.74, 6) is -0.680. The number of rotatable bonds is 8. The van der Waals surface area contributed by atoms with Crippen LogP contribution in [0.3, 0.4) is 0 Å². The summed E-state index contributed by atoms with van der Waals surface area (Å²) in [6.45, 7) is 0.0647. The summed E-state index contributed by atoms with van der Waals surface area (Å²) in [5.41, 5.74) is 4.53. The third kappa shape index (κ3) is 4.10. The third-order valence-electron chi connectivity index (χ3n) is 5.90. The number of amides is 1. The summed E-state index contributed by atoms with van der Waals surface area (Å²) in [4.78, 5) is 24.7. The van der Waals surface area contributed by atoms with Gasteiger partial charge in [-0.05, 0) is 34.4 Å². The zero-order valence-electron chi connectivity index (χ0n) is 19.0. The van der Waals surface area contributed by atoms with Crippen molar-refractivity contribution in [3.63, 3.8) is 0 Å². The molecule has 0 aromatic heterocycles. The maximum absolute atomic E-state index is 12.7. The van der Waals surface area contributed by atoms with Crippen LogP contribution in [0.5, 0.6) is 17.2 Å². The summed E-state index contributed by atoms with van der Waals surface area (Å²) < 4.78 is 21.5. The summed E-state index contributed by atoms with van der Waals surface area (Å²) in [6.07, 6.45) is -0.855. The van der Waals surface area contributed by atoms with Gasteiger partial charge in [-0.1, -0.05) is 48.5 Å². The molecule has 0 fully saturated rings. The van der Waals surface area contributed by atoms with Crippen molar-refractivity contribution >= 4 is 12.1 Å². The molecule has 1 atom stereocenters. The van der Waals surface area contributed by atoms with E-state index in [2.05, 4.69) is 5.32 Å². The van der Waals surface area contributed by atoms with E-state index in [1.54, 1.807) is 6.07 Å². The Morgan fingerprint density at radius 3 is 1.97 bits per heavy atom. The lowest BCUT2D eigenvalue weighted by molar-refractivity contribution is -0.139. The molecular weight excluding hydrogens is 438 g/mol. The number of fused-ring (bicyclic) bond motifs is 3. The fourth-order valence-corrected chi connectivity index (χ4v) is 4.38. The van der Waals surface area contributed by atoms with Crippen LogP contribution in [0, 0.1) is 0 Å². The molecule has 8 heteroatoms. The van der Waals surface area contributed by atoms with Crippen molar-refractivity contribution in [3.05, 3.63) is 77.4 Å². The number of alkyl carbamates (subject to hydrolysis) is 1. The van der Waals surface area contributed by atoms with E-state index in [0.29, 0.717) is 5.75 Å². The smallest absolute Gasteiger partial charge is 0.408 e. The van der Waals surface area contributed by atoms with E-state index in [1.165, 1.54) is 27.4 Å². The lowest BCUT2D eigenvalue weighted by Gasteiger charge is -2.21. The molecule has 176 valence electrons. The number of nitrogens with one attached hydrogen (secondary N) is 1. The molecule has 0 unspecified atom stereocenters. The Morgan fingerprint density at radius 1 is 0.853 bits per heavy atom. The molecule has 0 bridgehead atoms. The topological polar surface area (TPSA) is 103 Å². The predicted octanol–water partition coefficient (Wildman–Crippen LogP) is 4.38. The van der Waals surface area contributed by atoms with Gasteiger partial charge in [0, 0.05) is 11.5 Å². The number of carbonyl (C=O) groups excluding carboxylic acids is 1. The average molecular weight is 463 g/mol. The van der Waals surface area contributed by atoms with Gasteiger partial charge in [0.1, 0.15) is 6.61 Å². The molecule has 3 aromatic carbocycles. The molecule has 3 aromatic rings. The van der Waals surface area contributed by atoms with Crippen molar-refractivity contribution in [2.45, 2.75) is 12.0 Å². The second-order valence-electron chi connectivity index (χ2n) is 7.66. The lowest BCUT2D eigenvalue weighted by atomic mass is 9.98. The third-order valence-corrected chi connectivity index (χ3v) is 5.90. The second-order valence-corrected chi connectivity index (χ2v) is 7.66. The van der Waals surface area contributed by atoms with Crippen molar-refractivity contribution in [2.75, 3.05) is 27.9 Å². The molecule has 1 aliphatic rings. The number of aliphatic carboxylic acids is 1. The Morgan fingerprint density at radius 2 is 1.44 bits per heavy atom. The molecule has 34 heavy (non-hydrogen) atoms. The van der Waals surface area contributed by atoms with Crippen molar-refractivity contribution < 1.29 is 33.6 Å². The highest BCUT2D eigenvalue weighted by atomic mass is 16.6. The van der Waals surface area contributed by atoms with E-state index in [4.69, 9.17) is 18.9 Å². The van der Waals surface area contributed by atoms with Gasteiger partial charge < -0.3 is 29.4 Å². The molecule has 0 saturated heterocycles. The Balaban J connectivity index is 1.54. The molecule has 0 aliphatic heterocycles. The van der Waals surface area contributed by atoms with Gasteiger partial charge in [0.2, 0.25) is 5.75 Å². The summed E-state index contributed by atoms with van der Waals surface area (Å²) in [5, 5.41) is 12.3. The first-order valence-electron chi connectivity index (χ1n) is 10.6. The highest BCUT2D eigenvalue weighted by Gasteiger charge is 2.32. The molecule has 8 nitrogen and oxygen atoms in total. The minimum Gasteiger partial charge on any atom is -0.493 e. The average Bonchev–Trinajstić information content (AvgIpc) is 3.18. The van der Waals surface area contributed by atoms with Gasteiger partial charge in [-0.3, -0.25) is 0 Å². The standard InChI is InChI=1S/C26H25NO7/c1-31-21-13-12-19(23(32-2)24(21)33-3)22(25(28)29)27-26(30)34-14-20-17-10-6-4-8-15(17)16-9-5-7-11-18(16)20/h4-13,20,22H,14H2,1-3H3,(H,27,30)(H,28,29)/t22-/m1/s1. The van der Waals surface area contributed by atoms with Crippen LogP contribution in [0.4, 0.5) is 4.79 Å². The molecule has 4 rings (SSSR count). The Bertz CT molecular complexity index is 1180. The normalized spacial score (nSPS) is 12.8. The number of methoxy groups -OCH3 is 3. The van der Waals surface area contributed by atoms with Gasteiger partial charge in [0.05, 0.1) is 21.3 Å². The molecule has 0 spiro atoms. The quantitative estimate of drug-likeness (QED) is 0.511. The minimum absolute atomic E-state index is 0.0647. The fourth-order valence-electron chi connectivity index (χ4n) is 4.38. The van der Waals surface area contributed by atoms with Crippen molar-refractivity contribution in [3.8, 4) is 28.4 Å². The Hall–Kier alpha value is -4.20. The van der Waals surface area contributed by atoms with Crippen LogP contribution in [-0.4, -0.2) is 45.1 Å². The van der Waals surface area contributed by atoms with Crippen LogP contribution in [-0.2, 0) is 9.53 Å². The number of ether oxygens (including phenoxy) is 4. The van der Waals surface area contributed by atoms with Crippen molar-refractivity contribution in [1.29, 1.82) is 0 Å². The van der Waals surface area contributed by atoms with Gasteiger partial charge in [-0.25, -0.2) is 9.59 Å². The van der Waals surface area contributed by atoms with Gasteiger partial charge in [-0.15, -0.1) is 0 Å². The van der Waals surface area contributed by atoms with Crippen LogP contribution >= 0.6 is 0 Å². The van der Waals surface area contributed by atoms with E-state index in [1.807, 2.05) is 48.5 Å². The Labute approximate surface area is 197 Å². The van der Waals surface area contributed by atoms with Crippen LogP contribution in [0.25, 0.3) is 11.1 Å². The van der Waals surface area contributed by atoms with Crippen LogP contribution in [0.1, 0.15) is 28.7 Å². The Kier molecular flexibility index (Phi) is 6.58. The number of hydrogen-bond acceptors (Lipinski definition) is 6. The first-order valence-corrected chi connectivity index (χ1v) is 10.6. The molecule has 0 saturated carbocycles. The van der Waals surface area contributed by atoms with Crippen molar-refractivity contribution in [1.82, 2.24) is 5.32 Å². The summed E-state index contributed by atoms with van der Waals surface area (Å²) in [7, 11) is 4.26. The number of benzene rings is 3. The van der Waals surface area contributed by atoms with E-state index < -0.39 is 18.1 Å². The molecule has 0 radical (unpaired) electrons. The number of carbonyl (C=O) groups is 2. The first kappa shape index (κ1) is 23.0. The van der Waals surface area contributed by atoms with E-state index in [-0.39, 0.29) is 29.6 Å². The lowest BCUT2D eigenvalue weighted by Crippen LogP contribution is -2.35. The number of hydrogen-bond donors (Lipinski definition) is 2. The minimum atomic E-state index is -1.43. The van der Waals surface area contributed by atoms with Gasteiger partial charge in [0.25, 0.3) is 0 Å². The van der Waals surface area contributed by atoms with Gasteiger partial charge in [-0.2, -0.15) is 0 Å². The van der Waals surface area contributed by atoms with Gasteiger partial charge in [0.15, 0.2) is 17.5 Å². The predicted molar refractivity (Wildman–Crippen MR) is 125 cm³/mol. The summed E-state index contributed by atoms with van der Waals surface area (Å²) in [6, 6.07) is 17.6. The van der Waals surface area contributed by atoms with E-state index in [0.717, 1.165) is 22.3 Å². The number of carboxylic acid groups (broad SMARTS) is 1. The van der Waals surface area contributed by atoms with Crippen LogP contribution in [0.2, 0.25) is 0 Å². The molecular formula is C26H25NO7. The van der Waals surface area contributed by atoms with Crippen molar-refractivity contribution in [2.24, 2.45) is 0 Å². The molecule has 1 aliphatic carbocycles. The van der Waals surface area contributed by atoms with E-state index >= 15 is 0 Å². The summed E-state index contributed by atoms with van der Waals surface area (Å²) >= 11 is 0. The maximum Gasteiger partial charge on any atom is 0.408 e. The highest BCUT2D eigenvalue weighted by Crippen LogP contribution is 2.45. The van der Waals surface area contributed by atoms with E-state index in [9.17, 15) is 14.7 Å². The first-order chi connectivity index (χ1) is 16.5. The molecule has 1 amide bonds. The second kappa shape index (κ2) is 9.74. The fraction of sp³-hybridized carbons (Fsp3) is 0.231. The van der Waals surface area contributed by atoms with Crippen LogP contribution < -0.4 is 19.5 Å². The molecule has 2 N–H and O–H groups in total. The van der Waals surface area contributed by atoms with Crippen LogP contribution in [0.15, 0.2) is 60.7 Å².